The summed E-state index contributed by atoms with van der Waals surface area (Å²) < 4.78 is 5.34. The van der Waals surface area contributed by atoms with Gasteiger partial charge in [-0.2, -0.15) is 0 Å². The molecule has 35 heavy (non-hydrogen) atoms. The third-order valence-electron chi connectivity index (χ3n) is 5.49. The highest BCUT2D eigenvalue weighted by Crippen LogP contribution is 2.12. The molecule has 1 aromatic carbocycles. The van der Waals surface area contributed by atoms with Crippen molar-refractivity contribution >= 4 is 29.5 Å². The van der Waals surface area contributed by atoms with Crippen molar-refractivity contribution in [3.63, 3.8) is 0 Å². The molecule has 0 bridgehead atoms. The first-order chi connectivity index (χ1) is 16.8. The van der Waals surface area contributed by atoms with Crippen LogP contribution in [-0.4, -0.2) is 67.3 Å². The van der Waals surface area contributed by atoms with Crippen LogP contribution in [0.4, 0.5) is 4.79 Å². The highest BCUT2D eigenvalue weighted by Gasteiger charge is 2.29. The van der Waals surface area contributed by atoms with Crippen molar-refractivity contribution in [1.29, 1.82) is 0 Å². The van der Waals surface area contributed by atoms with E-state index in [0.29, 0.717) is 52.0 Å². The van der Waals surface area contributed by atoms with E-state index in [-0.39, 0.29) is 42.6 Å². The number of benzene rings is 1. The number of likely N-dealkylation sites (tertiary alicyclic amines) is 1. The predicted octanol–water partition coefficient (Wildman–Crippen LogP) is 1.46. The second-order valence-corrected chi connectivity index (χ2v) is 8.56. The van der Waals surface area contributed by atoms with Crippen LogP contribution in [0.3, 0.4) is 0 Å². The van der Waals surface area contributed by atoms with Crippen LogP contribution in [-0.2, 0) is 36.9 Å². The fourth-order valence-electron chi connectivity index (χ4n) is 3.36. The largest absolute Gasteiger partial charge is 0.372 e. The molecule has 0 aromatic heterocycles. The SMILES string of the molecule is CC(=O)CCCCCNC(=O)NCCCOCC(=O)NCc1ccc(CC(=O)N2CCC2=O)cc1. The average molecular weight is 489 g/mol. The summed E-state index contributed by atoms with van der Waals surface area (Å²) >= 11 is 0. The molecule has 5 amide bonds. The van der Waals surface area contributed by atoms with E-state index in [2.05, 4.69) is 16.0 Å². The van der Waals surface area contributed by atoms with Gasteiger partial charge in [-0.1, -0.05) is 30.7 Å². The molecule has 0 unspecified atom stereocenters. The zero-order valence-corrected chi connectivity index (χ0v) is 20.4. The molecule has 10 heteroatoms. The Bertz CT molecular complexity index is 871. The first-order valence-electron chi connectivity index (χ1n) is 12.1. The van der Waals surface area contributed by atoms with Gasteiger partial charge in [-0.05, 0) is 37.3 Å². The molecule has 1 aliphatic heterocycles. The summed E-state index contributed by atoms with van der Waals surface area (Å²) in [6.45, 7) is 3.72. The van der Waals surface area contributed by atoms with Crippen molar-refractivity contribution in [1.82, 2.24) is 20.9 Å². The number of nitrogens with zero attached hydrogens (tertiary/aromatic N) is 1. The Labute approximate surface area is 206 Å². The van der Waals surface area contributed by atoms with E-state index in [0.717, 1.165) is 30.4 Å². The third kappa shape index (κ3) is 11.6. The Morgan fingerprint density at radius 2 is 1.60 bits per heavy atom. The van der Waals surface area contributed by atoms with E-state index in [1.807, 2.05) is 24.3 Å². The number of ether oxygens (including phenoxy) is 1. The van der Waals surface area contributed by atoms with Crippen LogP contribution >= 0.6 is 0 Å². The summed E-state index contributed by atoms with van der Waals surface area (Å²) in [4.78, 5) is 59.0. The summed E-state index contributed by atoms with van der Waals surface area (Å²) in [6.07, 6.45) is 4.39. The lowest BCUT2D eigenvalue weighted by molar-refractivity contribution is -0.151. The standard InChI is InChI=1S/C25H36N4O6/c1-19(30)6-3-2-4-12-26-25(34)27-13-5-15-35-18-22(31)28-17-21-9-7-20(8-10-21)16-24(33)29-14-11-23(29)32/h7-10H,2-6,11-18H2,1H3,(H,28,31)(H2,26,27,34). The molecule has 1 fully saturated rings. The minimum atomic E-state index is -0.240. The highest BCUT2D eigenvalue weighted by molar-refractivity contribution is 6.00. The van der Waals surface area contributed by atoms with Gasteiger partial charge < -0.3 is 25.5 Å². The first kappa shape index (κ1) is 28.0. The predicted molar refractivity (Wildman–Crippen MR) is 129 cm³/mol. The van der Waals surface area contributed by atoms with Crippen LogP contribution < -0.4 is 16.0 Å². The Kier molecular flexibility index (Phi) is 12.5. The lowest BCUT2D eigenvalue weighted by Crippen LogP contribution is -2.48. The lowest BCUT2D eigenvalue weighted by atomic mass is 10.1. The molecular formula is C25H36N4O6. The monoisotopic (exact) mass is 488 g/mol. The average Bonchev–Trinajstić information content (AvgIpc) is 2.81. The van der Waals surface area contributed by atoms with Gasteiger partial charge >= 0.3 is 6.03 Å². The number of hydrogen-bond acceptors (Lipinski definition) is 6. The maximum Gasteiger partial charge on any atom is 0.314 e. The van der Waals surface area contributed by atoms with Gasteiger partial charge in [0.15, 0.2) is 0 Å². The topological polar surface area (TPSA) is 134 Å². The van der Waals surface area contributed by atoms with Gasteiger partial charge in [-0.3, -0.25) is 19.3 Å². The number of unbranched alkanes of at least 4 members (excludes halogenated alkanes) is 2. The van der Waals surface area contributed by atoms with Crippen LogP contribution in [0.1, 0.15) is 56.6 Å². The molecule has 3 N–H and O–H groups in total. The lowest BCUT2D eigenvalue weighted by Gasteiger charge is -2.28. The molecule has 1 aliphatic rings. The molecule has 0 aliphatic carbocycles. The minimum Gasteiger partial charge on any atom is -0.372 e. The number of β-lactam (4-membered cyclic amide) rings is 1. The zero-order valence-electron chi connectivity index (χ0n) is 20.4. The second kappa shape index (κ2) is 15.6. The molecular weight excluding hydrogens is 452 g/mol. The van der Waals surface area contributed by atoms with E-state index in [1.54, 1.807) is 6.92 Å². The molecule has 10 nitrogen and oxygen atoms in total. The van der Waals surface area contributed by atoms with Gasteiger partial charge in [0.2, 0.25) is 17.7 Å². The van der Waals surface area contributed by atoms with Gasteiger partial charge in [0.1, 0.15) is 12.4 Å². The highest BCUT2D eigenvalue weighted by atomic mass is 16.5. The smallest absolute Gasteiger partial charge is 0.314 e. The van der Waals surface area contributed by atoms with Crippen molar-refractivity contribution < 1.29 is 28.7 Å². The molecule has 192 valence electrons. The molecule has 0 saturated carbocycles. The van der Waals surface area contributed by atoms with E-state index in [4.69, 9.17) is 4.74 Å². The van der Waals surface area contributed by atoms with Crippen LogP contribution in [0.15, 0.2) is 24.3 Å². The van der Waals surface area contributed by atoms with E-state index in [9.17, 15) is 24.0 Å². The summed E-state index contributed by atoms with van der Waals surface area (Å²) in [5.74, 6) is -0.360. The number of rotatable bonds is 16. The van der Waals surface area contributed by atoms with Crippen molar-refractivity contribution in [2.24, 2.45) is 0 Å². The Balaban J connectivity index is 1.45. The summed E-state index contributed by atoms with van der Waals surface area (Å²) in [5, 5.41) is 8.27. The van der Waals surface area contributed by atoms with Crippen LogP contribution in [0, 0.1) is 0 Å². The second-order valence-electron chi connectivity index (χ2n) is 8.56. The van der Waals surface area contributed by atoms with Crippen LogP contribution in [0.5, 0.6) is 0 Å². The fraction of sp³-hybridized carbons (Fsp3) is 0.560. The Morgan fingerprint density at radius 3 is 2.23 bits per heavy atom. The number of nitrogens with one attached hydrogen (secondary N) is 3. The van der Waals surface area contributed by atoms with Crippen LogP contribution in [0.25, 0.3) is 0 Å². The fourth-order valence-corrected chi connectivity index (χ4v) is 3.36. The van der Waals surface area contributed by atoms with E-state index in [1.165, 1.54) is 4.90 Å². The number of Topliss-reactive ketones (excluding diaryl/α,β-unsaturated/α-hetero) is 1. The number of ketones is 1. The van der Waals surface area contributed by atoms with Gasteiger partial charge in [0.05, 0.1) is 6.42 Å². The van der Waals surface area contributed by atoms with Gasteiger partial charge in [0, 0.05) is 45.6 Å². The summed E-state index contributed by atoms with van der Waals surface area (Å²) in [7, 11) is 0. The molecule has 1 heterocycles. The first-order valence-corrected chi connectivity index (χ1v) is 12.1. The van der Waals surface area contributed by atoms with Crippen molar-refractivity contribution in [2.75, 3.05) is 32.8 Å². The van der Waals surface area contributed by atoms with Crippen LogP contribution in [0.2, 0.25) is 0 Å². The third-order valence-corrected chi connectivity index (χ3v) is 5.49. The number of amides is 5. The number of imide groups is 1. The molecule has 1 saturated heterocycles. The van der Waals surface area contributed by atoms with Crippen molar-refractivity contribution in [3.05, 3.63) is 35.4 Å². The van der Waals surface area contributed by atoms with E-state index < -0.39 is 0 Å². The summed E-state index contributed by atoms with van der Waals surface area (Å²) in [5.41, 5.74) is 1.71. The summed E-state index contributed by atoms with van der Waals surface area (Å²) in [6, 6.07) is 7.07. The van der Waals surface area contributed by atoms with Gasteiger partial charge in [0.25, 0.3) is 0 Å². The molecule has 2 rings (SSSR count). The maximum atomic E-state index is 12.0. The van der Waals surface area contributed by atoms with Crippen molar-refractivity contribution in [2.45, 2.75) is 58.4 Å². The van der Waals surface area contributed by atoms with Gasteiger partial charge in [-0.25, -0.2) is 4.79 Å². The number of carbonyl (C=O) groups is 5. The van der Waals surface area contributed by atoms with E-state index >= 15 is 0 Å². The minimum absolute atomic E-state index is 0.0666. The normalized spacial score (nSPS) is 12.6. The molecule has 0 spiro atoms. The molecule has 1 aromatic rings. The molecule has 0 radical (unpaired) electrons. The Hall–Kier alpha value is -3.27. The molecule has 0 atom stereocenters. The van der Waals surface area contributed by atoms with Gasteiger partial charge in [-0.15, -0.1) is 0 Å². The number of hydrogen-bond donors (Lipinski definition) is 3. The van der Waals surface area contributed by atoms with Crippen molar-refractivity contribution in [3.8, 4) is 0 Å². The zero-order chi connectivity index (χ0) is 25.5. The number of urea groups is 1. The quantitative estimate of drug-likeness (QED) is 0.238. The number of carbonyl (C=O) groups excluding carboxylic acids is 5. The maximum absolute atomic E-state index is 12.0. The Morgan fingerprint density at radius 1 is 0.914 bits per heavy atom.